The Hall–Kier alpha value is -1.35. The lowest BCUT2D eigenvalue weighted by Gasteiger charge is -2.36. The van der Waals surface area contributed by atoms with Crippen LogP contribution < -0.4 is 10.2 Å². The maximum Gasteiger partial charge on any atom is 0.129 e. The minimum Gasteiger partial charge on any atom is -0.348 e. The Kier molecular flexibility index (Phi) is 5.57. The first-order chi connectivity index (χ1) is 9.53. The van der Waals surface area contributed by atoms with E-state index in [1.165, 1.54) is 5.56 Å². The van der Waals surface area contributed by atoms with Crippen molar-refractivity contribution in [1.29, 1.82) is 0 Å². The van der Waals surface area contributed by atoms with Crippen molar-refractivity contribution < 1.29 is 0 Å². The van der Waals surface area contributed by atoms with Crippen molar-refractivity contribution in [3.63, 3.8) is 0 Å². The highest BCUT2D eigenvalue weighted by molar-refractivity contribution is 5.45. The zero-order valence-corrected chi connectivity index (χ0v) is 14.7. The second kappa shape index (κ2) is 6.61. The fraction of sp³-hybridized carbons (Fsp3) is 0.611. The Labute approximate surface area is 130 Å². The molecular formula is C18H31N3. The summed E-state index contributed by atoms with van der Waals surface area (Å²) in [6.45, 7) is 20.7. The minimum atomic E-state index is 0.0176. The van der Waals surface area contributed by atoms with Gasteiger partial charge in [-0.25, -0.2) is 4.98 Å². The van der Waals surface area contributed by atoms with Crippen LogP contribution in [-0.4, -0.2) is 22.6 Å². The number of rotatable bonds is 5. The fourth-order valence-corrected chi connectivity index (χ4v) is 2.17. The molecule has 0 unspecified atom stereocenters. The van der Waals surface area contributed by atoms with Gasteiger partial charge in [-0.15, -0.1) is 6.58 Å². The first-order valence-electron chi connectivity index (χ1n) is 7.64. The molecule has 0 aliphatic rings. The summed E-state index contributed by atoms with van der Waals surface area (Å²) < 4.78 is 0. The third-order valence-electron chi connectivity index (χ3n) is 3.22. The molecule has 0 saturated carbocycles. The minimum absolute atomic E-state index is 0.0176. The summed E-state index contributed by atoms with van der Waals surface area (Å²) in [5, 5.41) is 3.54. The predicted octanol–water partition coefficient (Wildman–Crippen LogP) is 4.07. The number of aryl methyl sites for hydroxylation is 1. The van der Waals surface area contributed by atoms with Gasteiger partial charge < -0.3 is 10.2 Å². The van der Waals surface area contributed by atoms with Gasteiger partial charge in [0.05, 0.1) is 0 Å². The Morgan fingerprint density at radius 2 is 1.81 bits per heavy atom. The number of hydrogen-bond acceptors (Lipinski definition) is 3. The van der Waals surface area contributed by atoms with E-state index in [0.29, 0.717) is 0 Å². The van der Waals surface area contributed by atoms with Gasteiger partial charge in [-0.2, -0.15) is 0 Å². The number of nitrogens with one attached hydrogen (secondary N) is 1. The quantitative estimate of drug-likeness (QED) is 0.828. The first-order valence-corrected chi connectivity index (χ1v) is 7.64. The molecule has 0 aliphatic heterocycles. The van der Waals surface area contributed by atoms with Crippen molar-refractivity contribution in [2.24, 2.45) is 0 Å². The van der Waals surface area contributed by atoms with Crippen molar-refractivity contribution in [3.05, 3.63) is 36.0 Å². The zero-order valence-electron chi connectivity index (χ0n) is 14.7. The monoisotopic (exact) mass is 289 g/mol. The van der Waals surface area contributed by atoms with Crippen LogP contribution in [0, 0.1) is 6.92 Å². The highest BCUT2D eigenvalue weighted by Gasteiger charge is 2.22. The van der Waals surface area contributed by atoms with Gasteiger partial charge in [-0.05, 0) is 66.2 Å². The number of anilines is 1. The third-order valence-corrected chi connectivity index (χ3v) is 3.22. The highest BCUT2D eigenvalue weighted by Crippen LogP contribution is 2.23. The van der Waals surface area contributed by atoms with E-state index in [9.17, 15) is 0 Å². The van der Waals surface area contributed by atoms with Crippen molar-refractivity contribution in [2.45, 2.75) is 66.1 Å². The zero-order chi connectivity index (χ0) is 16.3. The number of nitrogens with zero attached hydrogens (tertiary/aromatic N) is 2. The number of aromatic nitrogens is 1. The summed E-state index contributed by atoms with van der Waals surface area (Å²) in [6.07, 6.45) is 1.93. The van der Waals surface area contributed by atoms with Crippen molar-refractivity contribution in [1.82, 2.24) is 10.3 Å². The third kappa shape index (κ3) is 5.88. The summed E-state index contributed by atoms with van der Waals surface area (Å²) >= 11 is 0. The molecule has 3 nitrogen and oxygen atoms in total. The standard InChI is InChI=1S/C18H31N3/c1-9-10-21(18(6,7)8)16-12-15(11-14(2)20-16)13-19-17(3,4)5/h9,11-12,19H,1,10,13H2,2-8H3. The lowest BCUT2D eigenvalue weighted by atomic mass is 10.0. The smallest absolute Gasteiger partial charge is 0.129 e. The van der Waals surface area contributed by atoms with Gasteiger partial charge in [0.25, 0.3) is 0 Å². The molecule has 0 aromatic carbocycles. The maximum absolute atomic E-state index is 4.71. The molecule has 0 atom stereocenters. The van der Waals surface area contributed by atoms with E-state index in [1.54, 1.807) is 0 Å². The van der Waals surface area contributed by atoms with Crippen LogP contribution >= 0.6 is 0 Å². The molecule has 3 heteroatoms. The van der Waals surface area contributed by atoms with E-state index in [1.807, 2.05) is 6.08 Å². The summed E-state index contributed by atoms with van der Waals surface area (Å²) in [5.41, 5.74) is 2.45. The van der Waals surface area contributed by atoms with Gasteiger partial charge >= 0.3 is 0 Å². The van der Waals surface area contributed by atoms with Crippen LogP contribution in [0.15, 0.2) is 24.8 Å². The molecule has 1 heterocycles. The molecule has 1 aromatic heterocycles. The van der Waals surface area contributed by atoms with Gasteiger partial charge in [-0.3, -0.25) is 0 Å². The van der Waals surface area contributed by atoms with Crippen molar-refractivity contribution in [2.75, 3.05) is 11.4 Å². The summed E-state index contributed by atoms with van der Waals surface area (Å²) in [5.74, 6) is 1.02. The van der Waals surface area contributed by atoms with E-state index >= 15 is 0 Å². The van der Waals surface area contributed by atoms with Crippen LogP contribution in [0.3, 0.4) is 0 Å². The molecule has 1 rings (SSSR count). The van der Waals surface area contributed by atoms with Gasteiger partial charge in [0.15, 0.2) is 0 Å². The number of hydrogen-bond donors (Lipinski definition) is 1. The Balaban J connectivity index is 3.07. The van der Waals surface area contributed by atoms with Crippen LogP contribution in [0.25, 0.3) is 0 Å². The average molecular weight is 289 g/mol. The molecule has 1 N–H and O–H groups in total. The van der Waals surface area contributed by atoms with E-state index in [-0.39, 0.29) is 11.1 Å². The molecule has 0 spiro atoms. The Bertz CT molecular complexity index is 478. The highest BCUT2D eigenvalue weighted by atomic mass is 15.2. The van der Waals surface area contributed by atoms with Crippen molar-refractivity contribution in [3.8, 4) is 0 Å². The summed E-state index contributed by atoms with van der Waals surface area (Å²) in [7, 11) is 0. The summed E-state index contributed by atoms with van der Waals surface area (Å²) in [6, 6.07) is 4.33. The van der Waals surface area contributed by atoms with E-state index < -0.39 is 0 Å². The Morgan fingerprint density at radius 1 is 1.19 bits per heavy atom. The maximum atomic E-state index is 4.71. The van der Waals surface area contributed by atoms with Crippen LogP contribution in [0.5, 0.6) is 0 Å². The second-order valence-corrected chi connectivity index (χ2v) is 7.65. The molecule has 0 radical (unpaired) electrons. The molecule has 0 fully saturated rings. The second-order valence-electron chi connectivity index (χ2n) is 7.65. The molecule has 0 saturated heterocycles. The normalized spacial score (nSPS) is 12.3. The number of pyridine rings is 1. The topological polar surface area (TPSA) is 28.2 Å². The molecule has 118 valence electrons. The largest absolute Gasteiger partial charge is 0.348 e. The molecule has 1 aromatic rings. The van der Waals surface area contributed by atoms with Gasteiger partial charge in [0.1, 0.15) is 5.82 Å². The van der Waals surface area contributed by atoms with Crippen LogP contribution in [0.4, 0.5) is 5.82 Å². The lowest BCUT2D eigenvalue weighted by Crippen LogP contribution is -2.42. The lowest BCUT2D eigenvalue weighted by molar-refractivity contribution is 0.424. The Morgan fingerprint density at radius 3 is 2.29 bits per heavy atom. The van der Waals surface area contributed by atoms with Gasteiger partial charge in [0, 0.05) is 29.9 Å². The fourth-order valence-electron chi connectivity index (χ4n) is 2.17. The van der Waals surface area contributed by atoms with Gasteiger partial charge in [0.2, 0.25) is 0 Å². The van der Waals surface area contributed by atoms with Gasteiger partial charge in [-0.1, -0.05) is 6.08 Å². The molecule has 21 heavy (non-hydrogen) atoms. The van der Waals surface area contributed by atoms with E-state index in [2.05, 4.69) is 77.4 Å². The average Bonchev–Trinajstić information content (AvgIpc) is 2.30. The molecule has 0 bridgehead atoms. The predicted molar refractivity (Wildman–Crippen MR) is 92.9 cm³/mol. The molecular weight excluding hydrogens is 258 g/mol. The summed E-state index contributed by atoms with van der Waals surface area (Å²) in [4.78, 5) is 7.00. The molecule has 0 aliphatic carbocycles. The van der Waals surface area contributed by atoms with Crippen molar-refractivity contribution >= 4 is 5.82 Å². The van der Waals surface area contributed by atoms with Crippen LogP contribution in [-0.2, 0) is 6.54 Å². The SMILES string of the molecule is C=CCN(c1cc(CNC(C)(C)C)cc(C)n1)C(C)(C)C. The van der Waals surface area contributed by atoms with E-state index in [0.717, 1.165) is 24.6 Å². The first kappa shape index (κ1) is 17.7. The van der Waals surface area contributed by atoms with E-state index in [4.69, 9.17) is 4.98 Å². The van der Waals surface area contributed by atoms with Crippen LogP contribution in [0.1, 0.15) is 52.8 Å². The van der Waals surface area contributed by atoms with Crippen LogP contribution in [0.2, 0.25) is 0 Å². The molecule has 0 amide bonds.